The lowest BCUT2D eigenvalue weighted by Gasteiger charge is -2.29. The average Bonchev–Trinajstić information content (AvgIpc) is 2.80. The van der Waals surface area contributed by atoms with Crippen molar-refractivity contribution in [1.82, 2.24) is 15.3 Å². The van der Waals surface area contributed by atoms with Crippen LogP contribution in [0.3, 0.4) is 0 Å². The van der Waals surface area contributed by atoms with Crippen LogP contribution in [0.1, 0.15) is 36.8 Å². The second-order valence-electron chi connectivity index (χ2n) is 9.05. The second kappa shape index (κ2) is 10.1. The summed E-state index contributed by atoms with van der Waals surface area (Å²) in [7, 11) is 3.92. The highest BCUT2D eigenvalue weighted by molar-refractivity contribution is 5.90. The van der Waals surface area contributed by atoms with E-state index in [4.69, 9.17) is 4.98 Å². The number of halogens is 4. The first-order chi connectivity index (χ1) is 16.2. The fourth-order valence-electron chi connectivity index (χ4n) is 4.51. The molecule has 1 aromatic heterocycles. The van der Waals surface area contributed by atoms with E-state index in [0.29, 0.717) is 18.4 Å². The van der Waals surface area contributed by atoms with Crippen LogP contribution in [0.15, 0.2) is 42.5 Å². The predicted octanol–water partition coefficient (Wildman–Crippen LogP) is 5.61. The summed E-state index contributed by atoms with van der Waals surface area (Å²) >= 11 is 0. The van der Waals surface area contributed by atoms with Gasteiger partial charge in [-0.25, -0.2) is 9.37 Å². The number of alkyl halides is 3. The first kappa shape index (κ1) is 24.2. The molecule has 5 nitrogen and oxygen atoms in total. The van der Waals surface area contributed by atoms with Gasteiger partial charge in [-0.05, 0) is 56.3 Å². The van der Waals surface area contributed by atoms with E-state index >= 15 is 0 Å². The fourth-order valence-corrected chi connectivity index (χ4v) is 4.51. The molecular weight excluding hydrogens is 446 g/mol. The Morgan fingerprint density at radius 2 is 1.71 bits per heavy atom. The zero-order valence-electron chi connectivity index (χ0n) is 19.3. The lowest BCUT2D eigenvalue weighted by molar-refractivity contribution is -0.140. The highest BCUT2D eigenvalue weighted by atomic mass is 19.4. The molecule has 1 fully saturated rings. The van der Waals surface area contributed by atoms with Gasteiger partial charge in [-0.2, -0.15) is 18.2 Å². The number of anilines is 2. The Morgan fingerprint density at radius 1 is 0.971 bits per heavy atom. The van der Waals surface area contributed by atoms with Gasteiger partial charge in [0.15, 0.2) is 0 Å². The van der Waals surface area contributed by atoms with Crippen LogP contribution in [0.5, 0.6) is 0 Å². The van der Waals surface area contributed by atoms with Crippen LogP contribution in [-0.4, -0.2) is 36.6 Å². The summed E-state index contributed by atoms with van der Waals surface area (Å²) in [6, 6.07) is 11.6. The van der Waals surface area contributed by atoms with Crippen LogP contribution in [0.25, 0.3) is 10.9 Å². The van der Waals surface area contributed by atoms with Gasteiger partial charge in [-0.3, -0.25) is 0 Å². The van der Waals surface area contributed by atoms with Gasteiger partial charge >= 0.3 is 6.18 Å². The van der Waals surface area contributed by atoms with E-state index in [1.165, 1.54) is 12.1 Å². The van der Waals surface area contributed by atoms with E-state index in [9.17, 15) is 17.6 Å². The smallest absolute Gasteiger partial charge is 0.362 e. The SMILES string of the molecule is CN(C)c1nc(NC2CCC(CNCc3cccc(C(F)(F)F)c3F)CC2)nc2ccccc12. The molecule has 2 N–H and O–H groups in total. The molecule has 2 aromatic carbocycles. The summed E-state index contributed by atoms with van der Waals surface area (Å²) in [4.78, 5) is 11.4. The first-order valence-electron chi connectivity index (χ1n) is 11.5. The van der Waals surface area contributed by atoms with Crippen LogP contribution < -0.4 is 15.5 Å². The highest BCUT2D eigenvalue weighted by Gasteiger charge is 2.34. The van der Waals surface area contributed by atoms with E-state index in [0.717, 1.165) is 48.5 Å². The van der Waals surface area contributed by atoms with Gasteiger partial charge in [0.1, 0.15) is 11.6 Å². The quantitative estimate of drug-likeness (QED) is 0.435. The van der Waals surface area contributed by atoms with E-state index in [-0.39, 0.29) is 18.2 Å². The lowest BCUT2D eigenvalue weighted by atomic mass is 9.86. The molecule has 0 amide bonds. The van der Waals surface area contributed by atoms with Gasteiger partial charge in [0.25, 0.3) is 0 Å². The number of benzene rings is 2. The molecule has 0 bridgehead atoms. The monoisotopic (exact) mass is 475 g/mol. The molecular formula is C25H29F4N5. The molecule has 1 heterocycles. The summed E-state index contributed by atoms with van der Waals surface area (Å²) in [6.45, 7) is 0.714. The van der Waals surface area contributed by atoms with Crippen LogP contribution >= 0.6 is 0 Å². The maximum absolute atomic E-state index is 14.2. The number of fused-ring (bicyclic) bond motifs is 1. The van der Waals surface area contributed by atoms with Gasteiger partial charge < -0.3 is 15.5 Å². The number of hydrogen-bond donors (Lipinski definition) is 2. The molecule has 0 atom stereocenters. The standard InChI is InChI=1S/C25H29F4N5/c1-34(2)23-19-7-3-4-9-21(19)32-24(33-23)31-18-12-10-16(11-13-18)14-30-15-17-6-5-8-20(22(17)26)25(27,28)29/h3-9,16,18,30H,10-15H2,1-2H3,(H,31,32,33). The minimum absolute atomic E-state index is 0.0373. The van der Waals surface area contributed by atoms with Crippen molar-refractivity contribution in [3.63, 3.8) is 0 Å². The van der Waals surface area contributed by atoms with Gasteiger partial charge in [-0.1, -0.05) is 24.3 Å². The molecule has 0 spiro atoms. The Hall–Kier alpha value is -2.94. The largest absolute Gasteiger partial charge is 0.419 e. The normalized spacial score (nSPS) is 18.8. The predicted molar refractivity (Wildman–Crippen MR) is 126 cm³/mol. The van der Waals surface area contributed by atoms with Gasteiger partial charge in [0, 0.05) is 37.6 Å². The Labute approximate surface area is 196 Å². The fraction of sp³-hybridized carbons (Fsp3) is 0.440. The minimum atomic E-state index is -4.69. The van der Waals surface area contributed by atoms with Crippen molar-refractivity contribution in [3.05, 3.63) is 59.4 Å². The number of hydrogen-bond acceptors (Lipinski definition) is 5. The zero-order valence-corrected chi connectivity index (χ0v) is 19.3. The van der Waals surface area contributed by atoms with Crippen LogP contribution in [-0.2, 0) is 12.7 Å². The molecule has 3 aromatic rings. The molecule has 1 aliphatic rings. The molecule has 0 unspecified atom stereocenters. The zero-order chi connectivity index (χ0) is 24.3. The Morgan fingerprint density at radius 3 is 2.41 bits per heavy atom. The van der Waals surface area contributed by atoms with E-state index in [2.05, 4.69) is 15.6 Å². The molecule has 9 heteroatoms. The first-order valence-corrected chi connectivity index (χ1v) is 11.5. The maximum Gasteiger partial charge on any atom is 0.419 e. The minimum Gasteiger partial charge on any atom is -0.362 e. The van der Waals surface area contributed by atoms with Crippen molar-refractivity contribution >= 4 is 22.7 Å². The van der Waals surface area contributed by atoms with Gasteiger partial charge in [0.05, 0.1) is 11.1 Å². The third-order valence-electron chi connectivity index (χ3n) is 6.32. The summed E-state index contributed by atoms with van der Waals surface area (Å²) in [5, 5.41) is 7.62. The molecule has 34 heavy (non-hydrogen) atoms. The van der Waals surface area contributed by atoms with E-state index in [1.807, 2.05) is 43.3 Å². The summed E-state index contributed by atoms with van der Waals surface area (Å²) in [5.74, 6) is 0.682. The van der Waals surface area contributed by atoms with Crippen LogP contribution in [0, 0.1) is 11.7 Å². The number of rotatable bonds is 7. The van der Waals surface area contributed by atoms with Crippen LogP contribution in [0.2, 0.25) is 0 Å². The molecule has 0 saturated heterocycles. The van der Waals surface area contributed by atoms with Crippen molar-refractivity contribution < 1.29 is 17.6 Å². The summed E-state index contributed by atoms with van der Waals surface area (Å²) in [6.07, 6.45) is -0.878. The topological polar surface area (TPSA) is 53.1 Å². The van der Waals surface area contributed by atoms with Gasteiger partial charge in [-0.15, -0.1) is 0 Å². The summed E-state index contributed by atoms with van der Waals surface area (Å²) in [5.41, 5.74) is -0.287. The number of aromatic nitrogens is 2. The molecule has 1 aliphatic carbocycles. The van der Waals surface area contributed by atoms with E-state index < -0.39 is 17.6 Å². The molecule has 0 radical (unpaired) electrons. The number of nitrogens with one attached hydrogen (secondary N) is 2. The molecule has 0 aliphatic heterocycles. The Balaban J connectivity index is 1.29. The van der Waals surface area contributed by atoms with Crippen molar-refractivity contribution in [1.29, 1.82) is 0 Å². The van der Waals surface area contributed by atoms with Crippen molar-refractivity contribution in [3.8, 4) is 0 Å². The third-order valence-corrected chi connectivity index (χ3v) is 6.32. The second-order valence-corrected chi connectivity index (χ2v) is 9.05. The third kappa shape index (κ3) is 5.58. The lowest BCUT2D eigenvalue weighted by Crippen LogP contribution is -2.32. The Bertz CT molecular complexity index is 1120. The van der Waals surface area contributed by atoms with Crippen molar-refractivity contribution in [2.24, 2.45) is 5.92 Å². The molecule has 182 valence electrons. The maximum atomic E-state index is 14.2. The number of para-hydroxylation sites is 1. The summed E-state index contributed by atoms with van der Waals surface area (Å²) < 4.78 is 52.9. The Kier molecular flexibility index (Phi) is 7.21. The molecule has 4 rings (SSSR count). The van der Waals surface area contributed by atoms with Crippen molar-refractivity contribution in [2.75, 3.05) is 30.9 Å². The highest BCUT2D eigenvalue weighted by Crippen LogP contribution is 2.32. The van der Waals surface area contributed by atoms with Crippen LogP contribution in [0.4, 0.5) is 29.3 Å². The molecule has 1 saturated carbocycles. The number of nitrogens with zero attached hydrogens (tertiary/aromatic N) is 3. The van der Waals surface area contributed by atoms with E-state index in [1.54, 1.807) is 0 Å². The van der Waals surface area contributed by atoms with Gasteiger partial charge in [0.2, 0.25) is 5.95 Å². The van der Waals surface area contributed by atoms with Crippen molar-refractivity contribution in [2.45, 2.75) is 44.4 Å². The average molecular weight is 476 g/mol.